The fraction of sp³-hybridized carbons (Fsp3) is 0.600. The van der Waals surface area contributed by atoms with E-state index in [9.17, 15) is 14.0 Å². The molecule has 0 unspecified atom stereocenters. The lowest BCUT2D eigenvalue weighted by atomic mass is 9.99. The third kappa shape index (κ3) is 4.59. The Labute approximate surface area is 148 Å². The number of halogens is 1. The van der Waals surface area contributed by atoms with Crippen molar-refractivity contribution in [2.45, 2.75) is 57.4 Å². The maximum absolute atomic E-state index is 13.4. The zero-order chi connectivity index (χ0) is 17.6. The second-order valence-corrected chi connectivity index (χ2v) is 7.20. The van der Waals surface area contributed by atoms with Gasteiger partial charge < -0.3 is 10.2 Å². The summed E-state index contributed by atoms with van der Waals surface area (Å²) in [5, 5.41) is 3.04. The molecule has 0 radical (unpaired) electrons. The average Bonchev–Trinajstić information content (AvgIpc) is 3.05. The van der Waals surface area contributed by atoms with Crippen LogP contribution in [0.5, 0.6) is 0 Å². The summed E-state index contributed by atoms with van der Waals surface area (Å²) in [6.07, 6.45) is 7.01. The Bertz CT molecular complexity index is 619. The molecule has 0 bridgehead atoms. The molecular formula is C20H27FN2O2. The van der Waals surface area contributed by atoms with Gasteiger partial charge in [0.15, 0.2) is 0 Å². The molecule has 3 rings (SSSR count). The zero-order valence-electron chi connectivity index (χ0n) is 14.7. The number of rotatable bonds is 2. The van der Waals surface area contributed by atoms with E-state index in [-0.39, 0.29) is 36.0 Å². The second-order valence-electron chi connectivity index (χ2n) is 7.20. The number of hydrogen-bond donors (Lipinski definition) is 1. The molecule has 1 saturated carbocycles. The molecule has 2 fully saturated rings. The number of carbonyl (C=O) groups is 2. The van der Waals surface area contributed by atoms with E-state index in [2.05, 4.69) is 5.32 Å². The highest BCUT2D eigenvalue weighted by Gasteiger charge is 2.38. The van der Waals surface area contributed by atoms with Gasteiger partial charge in [0.25, 0.3) is 0 Å². The first-order valence-corrected chi connectivity index (χ1v) is 9.47. The fourth-order valence-electron chi connectivity index (χ4n) is 4.12. The van der Waals surface area contributed by atoms with Crippen LogP contribution in [0.3, 0.4) is 0 Å². The van der Waals surface area contributed by atoms with Gasteiger partial charge in [-0.1, -0.05) is 31.4 Å². The molecular weight excluding hydrogens is 319 g/mol. The lowest BCUT2D eigenvalue weighted by Gasteiger charge is -2.32. The molecule has 136 valence electrons. The quantitative estimate of drug-likeness (QED) is 0.895. The predicted molar refractivity (Wildman–Crippen MR) is 94.4 cm³/mol. The van der Waals surface area contributed by atoms with Crippen molar-refractivity contribution >= 4 is 11.8 Å². The molecule has 0 spiro atoms. The molecule has 1 aromatic rings. The first-order chi connectivity index (χ1) is 12.1. The summed E-state index contributed by atoms with van der Waals surface area (Å²) in [5.41, 5.74) is 0.693. The summed E-state index contributed by atoms with van der Waals surface area (Å²) in [6, 6.07) is 6.21. The smallest absolute Gasteiger partial charge is 0.227 e. The van der Waals surface area contributed by atoms with Gasteiger partial charge in [0, 0.05) is 19.1 Å². The number of amides is 2. The molecule has 0 aromatic heterocycles. The van der Waals surface area contributed by atoms with E-state index in [0.717, 1.165) is 51.5 Å². The topological polar surface area (TPSA) is 49.4 Å². The highest BCUT2D eigenvalue weighted by atomic mass is 19.1. The molecule has 1 saturated heterocycles. The zero-order valence-corrected chi connectivity index (χ0v) is 14.7. The van der Waals surface area contributed by atoms with Crippen LogP contribution >= 0.6 is 0 Å². The molecule has 1 heterocycles. The van der Waals surface area contributed by atoms with Gasteiger partial charge in [0.2, 0.25) is 11.8 Å². The fourth-order valence-corrected chi connectivity index (χ4v) is 4.12. The van der Waals surface area contributed by atoms with Crippen molar-refractivity contribution < 1.29 is 14.0 Å². The van der Waals surface area contributed by atoms with Crippen LogP contribution in [0.4, 0.5) is 4.39 Å². The Hall–Kier alpha value is -1.91. The molecule has 1 aromatic carbocycles. The molecule has 2 atom stereocenters. The van der Waals surface area contributed by atoms with Gasteiger partial charge >= 0.3 is 0 Å². The van der Waals surface area contributed by atoms with Gasteiger partial charge in [0.1, 0.15) is 5.82 Å². The lowest BCUT2D eigenvalue weighted by Crippen LogP contribution is -2.47. The van der Waals surface area contributed by atoms with E-state index in [4.69, 9.17) is 0 Å². The number of nitrogens with zero attached hydrogens (tertiary/aromatic N) is 1. The highest BCUT2D eigenvalue weighted by Crippen LogP contribution is 2.31. The lowest BCUT2D eigenvalue weighted by molar-refractivity contribution is -0.136. The minimum absolute atomic E-state index is 0.00884. The summed E-state index contributed by atoms with van der Waals surface area (Å²) in [6.45, 7) is 1.43. The van der Waals surface area contributed by atoms with Crippen molar-refractivity contribution in [1.29, 1.82) is 0 Å². The van der Waals surface area contributed by atoms with Gasteiger partial charge in [-0.15, -0.1) is 0 Å². The Morgan fingerprint density at radius 2 is 2.00 bits per heavy atom. The molecule has 1 N–H and O–H groups in total. The normalized spacial score (nSPS) is 25.0. The van der Waals surface area contributed by atoms with Crippen LogP contribution in [0.25, 0.3) is 0 Å². The van der Waals surface area contributed by atoms with Crippen molar-refractivity contribution in [2.75, 3.05) is 13.1 Å². The number of carbonyl (C=O) groups excluding carboxylic acids is 2. The number of benzene rings is 1. The summed E-state index contributed by atoms with van der Waals surface area (Å²) in [7, 11) is 0. The van der Waals surface area contributed by atoms with Crippen molar-refractivity contribution in [3.05, 3.63) is 35.6 Å². The molecule has 1 aliphatic carbocycles. The second kappa shape index (κ2) is 8.45. The van der Waals surface area contributed by atoms with Crippen LogP contribution in [0.2, 0.25) is 0 Å². The molecule has 25 heavy (non-hydrogen) atoms. The van der Waals surface area contributed by atoms with Crippen molar-refractivity contribution in [1.82, 2.24) is 10.2 Å². The van der Waals surface area contributed by atoms with Crippen LogP contribution < -0.4 is 5.32 Å². The molecule has 5 heteroatoms. The van der Waals surface area contributed by atoms with E-state index >= 15 is 0 Å². The third-order valence-electron chi connectivity index (χ3n) is 5.41. The summed E-state index contributed by atoms with van der Waals surface area (Å²) < 4.78 is 13.4. The van der Waals surface area contributed by atoms with Gasteiger partial charge in [-0.2, -0.15) is 0 Å². The number of fused-ring (bicyclic) bond motifs is 1. The minimum Gasteiger partial charge on any atom is -0.356 e. The van der Waals surface area contributed by atoms with Crippen LogP contribution in [0.1, 0.15) is 50.5 Å². The molecule has 4 nitrogen and oxygen atoms in total. The predicted octanol–water partition coefficient (Wildman–Crippen LogP) is 3.06. The Kier molecular flexibility index (Phi) is 6.05. The van der Waals surface area contributed by atoms with Gasteiger partial charge in [0.05, 0.1) is 12.3 Å². The highest BCUT2D eigenvalue weighted by molar-refractivity contribution is 5.83. The van der Waals surface area contributed by atoms with E-state index in [1.54, 1.807) is 12.1 Å². The minimum atomic E-state index is -0.319. The average molecular weight is 346 g/mol. The van der Waals surface area contributed by atoms with E-state index in [1.165, 1.54) is 12.1 Å². The van der Waals surface area contributed by atoms with Crippen molar-refractivity contribution in [3.63, 3.8) is 0 Å². The van der Waals surface area contributed by atoms with Gasteiger partial charge in [-0.05, 0) is 43.4 Å². The molecule has 2 amide bonds. The largest absolute Gasteiger partial charge is 0.356 e. The van der Waals surface area contributed by atoms with E-state index < -0.39 is 0 Å². The number of nitrogens with one attached hydrogen (secondary N) is 1. The third-order valence-corrected chi connectivity index (χ3v) is 5.41. The first kappa shape index (κ1) is 17.9. The SMILES string of the molecule is O=C1NCCCCCCN(C(=O)Cc2cccc(F)c2)[C@H]2CCC[C@@H]12. The van der Waals surface area contributed by atoms with Crippen LogP contribution in [0.15, 0.2) is 24.3 Å². The maximum atomic E-state index is 13.4. The van der Waals surface area contributed by atoms with Crippen LogP contribution in [-0.2, 0) is 16.0 Å². The Balaban J connectivity index is 1.76. The van der Waals surface area contributed by atoms with Crippen molar-refractivity contribution in [2.24, 2.45) is 5.92 Å². The summed E-state index contributed by atoms with van der Waals surface area (Å²) in [4.78, 5) is 27.4. The van der Waals surface area contributed by atoms with Crippen molar-refractivity contribution in [3.8, 4) is 0 Å². The number of hydrogen-bond acceptors (Lipinski definition) is 2. The van der Waals surface area contributed by atoms with Crippen LogP contribution in [0, 0.1) is 11.7 Å². The van der Waals surface area contributed by atoms with E-state index in [1.807, 2.05) is 4.90 Å². The standard InChI is InChI=1S/C20H27FN2O2/c21-16-8-5-7-15(13-16)14-19(24)23-12-4-2-1-3-11-22-20(25)17-9-6-10-18(17)23/h5,7-8,13,17-18H,1-4,6,9-12,14H2,(H,22,25)/t17-,18+/m1/s1. The molecule has 1 aliphatic heterocycles. The van der Waals surface area contributed by atoms with Gasteiger partial charge in [-0.25, -0.2) is 4.39 Å². The molecule has 2 aliphatic rings. The van der Waals surface area contributed by atoms with Crippen LogP contribution in [-0.4, -0.2) is 35.8 Å². The Morgan fingerprint density at radius 1 is 1.16 bits per heavy atom. The van der Waals surface area contributed by atoms with Gasteiger partial charge in [-0.3, -0.25) is 9.59 Å². The summed E-state index contributed by atoms with van der Waals surface area (Å²) >= 11 is 0. The summed E-state index contributed by atoms with van der Waals surface area (Å²) in [5.74, 6) is -0.321. The Morgan fingerprint density at radius 3 is 2.84 bits per heavy atom. The monoisotopic (exact) mass is 346 g/mol. The first-order valence-electron chi connectivity index (χ1n) is 9.47. The van der Waals surface area contributed by atoms with E-state index in [0.29, 0.717) is 12.1 Å². The maximum Gasteiger partial charge on any atom is 0.227 e.